The first-order valence-electron chi connectivity index (χ1n) is 10.0. The topological polar surface area (TPSA) is 65.5 Å². The molecule has 0 amide bonds. The highest BCUT2D eigenvalue weighted by molar-refractivity contribution is 7.98. The molecule has 3 aromatic rings. The number of Topliss-reactive ketones (excluding diaryl/α,β-unsaturated/α-hetero) is 1. The molecule has 0 unspecified atom stereocenters. The lowest BCUT2D eigenvalue weighted by Crippen LogP contribution is -2.20. The van der Waals surface area contributed by atoms with Gasteiger partial charge in [0.2, 0.25) is 0 Å². The summed E-state index contributed by atoms with van der Waals surface area (Å²) in [7, 11) is 1.24. The zero-order valence-electron chi connectivity index (χ0n) is 18.1. The lowest BCUT2D eigenvalue weighted by molar-refractivity contribution is -0.137. The van der Waals surface area contributed by atoms with Crippen molar-refractivity contribution in [1.29, 1.82) is 0 Å². The number of ether oxygens (including phenoxy) is 2. The van der Waals surface area contributed by atoms with E-state index in [1.807, 2.05) is 13.0 Å². The molecule has 2 heterocycles. The number of carbonyl (C=O) groups is 2. The molecule has 0 atom stereocenters. The van der Waals surface area contributed by atoms with Crippen LogP contribution < -0.4 is 4.74 Å². The Bertz CT molecular complexity index is 1280. The van der Waals surface area contributed by atoms with Gasteiger partial charge < -0.3 is 9.47 Å². The van der Waals surface area contributed by atoms with Crippen molar-refractivity contribution in [3.05, 3.63) is 75.8 Å². The van der Waals surface area contributed by atoms with E-state index >= 15 is 0 Å². The van der Waals surface area contributed by atoms with E-state index in [9.17, 15) is 22.8 Å². The third-order valence-corrected chi connectivity index (χ3v) is 7.50. The Kier molecular flexibility index (Phi) is 6.81. The van der Waals surface area contributed by atoms with E-state index in [0.717, 1.165) is 33.7 Å². The Morgan fingerprint density at radius 2 is 1.97 bits per heavy atom. The standard InChI is InChI=1S/C24H18F3NO4S2/c1-13-20(34-23(28-13)14-3-5-16(6-4-14)24(25,26)27)12-33-17-7-8-19-18(10-17)22(30)15(11-32-19)9-21(29)31-2/h3-10H,11-12H2,1-2H3/b15-9+. The molecule has 0 radical (unpaired) electrons. The SMILES string of the molecule is COC(=O)/C=C1\COc2ccc(SCc3sc(-c4ccc(C(F)(F)F)cc4)nc3C)cc2C1=O. The molecule has 0 aliphatic carbocycles. The maximum Gasteiger partial charge on any atom is 0.416 e. The molecule has 0 N–H and O–H groups in total. The molecule has 4 rings (SSSR count). The fourth-order valence-corrected chi connectivity index (χ4v) is 5.39. The van der Waals surface area contributed by atoms with Gasteiger partial charge in [-0.1, -0.05) is 12.1 Å². The highest BCUT2D eigenvalue weighted by Crippen LogP contribution is 2.37. The third kappa shape index (κ3) is 5.18. The summed E-state index contributed by atoms with van der Waals surface area (Å²) in [5, 5.41) is 0.647. The first-order valence-corrected chi connectivity index (χ1v) is 11.8. The molecule has 2 aromatic carbocycles. The van der Waals surface area contributed by atoms with Crippen LogP contribution in [-0.4, -0.2) is 30.5 Å². The van der Waals surface area contributed by atoms with Crippen molar-refractivity contribution in [3.8, 4) is 16.3 Å². The normalized spacial score (nSPS) is 14.6. The van der Waals surface area contributed by atoms with E-state index in [0.29, 0.717) is 27.6 Å². The smallest absolute Gasteiger partial charge is 0.416 e. The molecular weight excluding hydrogens is 487 g/mol. The van der Waals surface area contributed by atoms with Gasteiger partial charge in [0.25, 0.3) is 0 Å². The third-order valence-electron chi connectivity index (χ3n) is 5.09. The molecular formula is C24H18F3NO4S2. The number of aromatic nitrogens is 1. The summed E-state index contributed by atoms with van der Waals surface area (Å²) in [5.74, 6) is 0.121. The van der Waals surface area contributed by atoms with Gasteiger partial charge in [-0.05, 0) is 37.3 Å². The van der Waals surface area contributed by atoms with Crippen LogP contribution in [0.5, 0.6) is 5.75 Å². The Morgan fingerprint density at radius 3 is 2.65 bits per heavy atom. The highest BCUT2D eigenvalue weighted by atomic mass is 32.2. The maximum absolute atomic E-state index is 12.8. The minimum absolute atomic E-state index is 0.000207. The summed E-state index contributed by atoms with van der Waals surface area (Å²) in [5.41, 5.74) is 1.32. The van der Waals surface area contributed by atoms with Crippen LogP contribution in [0.25, 0.3) is 10.6 Å². The van der Waals surface area contributed by atoms with Crippen molar-refractivity contribution in [2.24, 2.45) is 0 Å². The van der Waals surface area contributed by atoms with E-state index < -0.39 is 17.7 Å². The fourth-order valence-electron chi connectivity index (χ4n) is 3.24. The molecule has 0 bridgehead atoms. The second-order valence-electron chi connectivity index (χ2n) is 7.36. The summed E-state index contributed by atoms with van der Waals surface area (Å²) in [4.78, 5) is 30.6. The number of hydrogen-bond acceptors (Lipinski definition) is 7. The number of rotatable bonds is 5. The zero-order valence-corrected chi connectivity index (χ0v) is 19.7. The zero-order chi connectivity index (χ0) is 24.5. The molecule has 0 fully saturated rings. The van der Waals surface area contributed by atoms with Gasteiger partial charge >= 0.3 is 12.1 Å². The highest BCUT2D eigenvalue weighted by Gasteiger charge is 2.30. The van der Waals surface area contributed by atoms with Gasteiger partial charge in [0.05, 0.1) is 23.9 Å². The number of ketones is 1. The largest absolute Gasteiger partial charge is 0.488 e. The minimum atomic E-state index is -4.38. The van der Waals surface area contributed by atoms with Gasteiger partial charge in [-0.25, -0.2) is 9.78 Å². The van der Waals surface area contributed by atoms with Gasteiger partial charge in [-0.3, -0.25) is 4.79 Å². The van der Waals surface area contributed by atoms with Crippen LogP contribution in [0.15, 0.2) is 59.0 Å². The van der Waals surface area contributed by atoms with Crippen LogP contribution in [0.3, 0.4) is 0 Å². The Hall–Kier alpha value is -3.11. The first kappa shape index (κ1) is 24.0. The van der Waals surface area contributed by atoms with Gasteiger partial charge in [0.1, 0.15) is 17.4 Å². The van der Waals surface area contributed by atoms with Gasteiger partial charge in [0, 0.05) is 32.7 Å². The van der Waals surface area contributed by atoms with Crippen LogP contribution in [-0.2, 0) is 21.5 Å². The van der Waals surface area contributed by atoms with Crippen molar-refractivity contribution in [3.63, 3.8) is 0 Å². The summed E-state index contributed by atoms with van der Waals surface area (Å²) in [6, 6.07) is 10.2. The lowest BCUT2D eigenvalue weighted by atomic mass is 10.0. The number of methoxy groups -OCH3 is 1. The average Bonchev–Trinajstić information content (AvgIpc) is 3.19. The summed E-state index contributed by atoms with van der Waals surface area (Å²) >= 11 is 2.92. The first-order chi connectivity index (χ1) is 16.2. The predicted molar refractivity (Wildman–Crippen MR) is 123 cm³/mol. The van der Waals surface area contributed by atoms with E-state index in [4.69, 9.17) is 4.74 Å². The van der Waals surface area contributed by atoms with Gasteiger partial charge in [0.15, 0.2) is 5.78 Å². The van der Waals surface area contributed by atoms with Crippen LogP contribution in [0, 0.1) is 6.92 Å². The molecule has 0 saturated heterocycles. The van der Waals surface area contributed by atoms with E-state index in [1.54, 1.807) is 12.1 Å². The van der Waals surface area contributed by atoms with E-state index in [-0.39, 0.29) is 18.0 Å². The van der Waals surface area contributed by atoms with Crippen LogP contribution in [0.2, 0.25) is 0 Å². The minimum Gasteiger partial charge on any atom is -0.488 e. The summed E-state index contributed by atoms with van der Waals surface area (Å²) < 4.78 is 48.6. The molecule has 1 aliphatic heterocycles. The van der Waals surface area contributed by atoms with Crippen molar-refractivity contribution in [2.75, 3.05) is 13.7 Å². The Labute approximate surface area is 201 Å². The second kappa shape index (κ2) is 9.63. The van der Waals surface area contributed by atoms with Gasteiger partial charge in [-0.2, -0.15) is 13.2 Å². The maximum atomic E-state index is 12.8. The number of nitrogens with zero attached hydrogens (tertiary/aromatic N) is 1. The summed E-state index contributed by atoms with van der Waals surface area (Å²) in [6.45, 7) is 1.86. The predicted octanol–water partition coefficient (Wildman–Crippen LogP) is 6.10. The molecule has 5 nitrogen and oxygen atoms in total. The van der Waals surface area contributed by atoms with Crippen LogP contribution in [0.4, 0.5) is 13.2 Å². The number of benzene rings is 2. The number of thiazole rings is 1. The average molecular weight is 506 g/mol. The van der Waals surface area contributed by atoms with Gasteiger partial charge in [-0.15, -0.1) is 23.1 Å². The Morgan fingerprint density at radius 1 is 1.24 bits per heavy atom. The number of esters is 1. The van der Waals surface area contributed by atoms with E-state index in [2.05, 4.69) is 9.72 Å². The molecule has 1 aliphatic rings. The van der Waals surface area contributed by atoms with Crippen molar-refractivity contribution in [2.45, 2.75) is 23.7 Å². The van der Waals surface area contributed by atoms with Crippen molar-refractivity contribution in [1.82, 2.24) is 4.98 Å². The molecule has 0 saturated carbocycles. The monoisotopic (exact) mass is 505 g/mol. The van der Waals surface area contributed by atoms with Crippen molar-refractivity contribution >= 4 is 34.9 Å². The second-order valence-corrected chi connectivity index (χ2v) is 9.49. The summed E-state index contributed by atoms with van der Waals surface area (Å²) in [6.07, 6.45) is -3.25. The van der Waals surface area contributed by atoms with Crippen molar-refractivity contribution < 1.29 is 32.2 Å². The molecule has 34 heavy (non-hydrogen) atoms. The van der Waals surface area contributed by atoms with Crippen LogP contribution >= 0.6 is 23.1 Å². The molecule has 0 spiro atoms. The number of thioether (sulfide) groups is 1. The number of aryl methyl sites for hydroxylation is 1. The lowest BCUT2D eigenvalue weighted by Gasteiger charge is -2.19. The Balaban J connectivity index is 1.49. The number of halogens is 3. The number of alkyl halides is 3. The number of hydrogen-bond donors (Lipinski definition) is 0. The number of fused-ring (bicyclic) bond motifs is 1. The quantitative estimate of drug-likeness (QED) is 0.237. The molecule has 10 heteroatoms. The van der Waals surface area contributed by atoms with E-state index in [1.165, 1.54) is 42.3 Å². The molecule has 1 aromatic heterocycles. The molecule has 176 valence electrons. The fraction of sp³-hybridized carbons (Fsp3) is 0.208. The van der Waals surface area contributed by atoms with Crippen LogP contribution in [0.1, 0.15) is 26.5 Å². The number of carbonyl (C=O) groups excluding carboxylic acids is 2.